The molecule has 0 spiro atoms. The number of hydrogen-bond acceptors (Lipinski definition) is 2. The first-order valence-electron chi connectivity index (χ1n) is 5.22. The van der Waals surface area contributed by atoms with E-state index >= 15 is 0 Å². The number of halogens is 2. The van der Waals surface area contributed by atoms with Crippen molar-refractivity contribution in [2.45, 2.75) is 0 Å². The van der Waals surface area contributed by atoms with Gasteiger partial charge in [0.15, 0.2) is 0 Å². The fourth-order valence-electron chi connectivity index (χ4n) is 1.65. The van der Waals surface area contributed by atoms with Gasteiger partial charge in [-0.3, -0.25) is 0 Å². The Morgan fingerprint density at radius 1 is 1.41 bits per heavy atom. The molecule has 0 bridgehead atoms. The molecular formula is C11H12F2N2O2. The molecule has 0 aromatic heterocycles. The van der Waals surface area contributed by atoms with Crippen LogP contribution in [0.15, 0.2) is 18.2 Å². The summed E-state index contributed by atoms with van der Waals surface area (Å²) in [5, 5.41) is 11.0. The fraction of sp³-hybridized carbons (Fsp3) is 0.364. The average molecular weight is 242 g/mol. The zero-order valence-corrected chi connectivity index (χ0v) is 8.99. The lowest BCUT2D eigenvalue weighted by atomic mass is 10.0. The zero-order valence-electron chi connectivity index (χ0n) is 8.99. The van der Waals surface area contributed by atoms with Crippen LogP contribution in [0.2, 0.25) is 0 Å². The van der Waals surface area contributed by atoms with Crippen LogP contribution < -0.4 is 5.32 Å². The first-order chi connectivity index (χ1) is 8.11. The van der Waals surface area contributed by atoms with Gasteiger partial charge in [0.1, 0.15) is 17.3 Å². The van der Waals surface area contributed by atoms with Crippen molar-refractivity contribution in [3.05, 3.63) is 29.8 Å². The third-order valence-corrected chi connectivity index (χ3v) is 2.70. The summed E-state index contributed by atoms with van der Waals surface area (Å²) in [6.45, 7) is 0.814. The average Bonchev–Trinajstić information content (AvgIpc) is 2.22. The number of aliphatic hydroxyl groups is 1. The second kappa shape index (κ2) is 4.67. The Kier molecular flexibility index (Phi) is 3.23. The van der Waals surface area contributed by atoms with Crippen LogP contribution in [-0.4, -0.2) is 35.7 Å². The first kappa shape index (κ1) is 11.8. The van der Waals surface area contributed by atoms with E-state index in [0.29, 0.717) is 13.1 Å². The molecule has 1 aliphatic heterocycles. The molecule has 1 aromatic rings. The number of likely N-dealkylation sites (tertiary alicyclic amines) is 1. The second-order valence-electron chi connectivity index (χ2n) is 3.98. The number of nitrogens with zero attached hydrogens (tertiary/aromatic N) is 1. The van der Waals surface area contributed by atoms with Crippen LogP contribution in [0.5, 0.6) is 0 Å². The summed E-state index contributed by atoms with van der Waals surface area (Å²) in [6, 6.07) is 2.82. The van der Waals surface area contributed by atoms with Gasteiger partial charge in [-0.15, -0.1) is 0 Å². The van der Waals surface area contributed by atoms with Crippen LogP contribution >= 0.6 is 0 Å². The number of anilines is 1. The van der Waals surface area contributed by atoms with E-state index < -0.39 is 23.4 Å². The molecule has 1 fully saturated rings. The summed E-state index contributed by atoms with van der Waals surface area (Å²) in [5.41, 5.74) is -0.440. The van der Waals surface area contributed by atoms with E-state index in [0.717, 1.165) is 12.1 Å². The molecule has 92 valence electrons. The third kappa shape index (κ3) is 2.36. The molecule has 17 heavy (non-hydrogen) atoms. The van der Waals surface area contributed by atoms with Crippen LogP contribution in [0.1, 0.15) is 0 Å². The van der Waals surface area contributed by atoms with Gasteiger partial charge in [-0.2, -0.15) is 0 Å². The lowest BCUT2D eigenvalue weighted by molar-refractivity contribution is 0.0837. The summed E-state index contributed by atoms with van der Waals surface area (Å²) in [4.78, 5) is 12.9. The summed E-state index contributed by atoms with van der Waals surface area (Å²) >= 11 is 0. The van der Waals surface area contributed by atoms with Crippen molar-refractivity contribution in [2.75, 3.05) is 25.0 Å². The lowest BCUT2D eigenvalue weighted by Crippen LogP contribution is -2.53. The molecule has 4 nitrogen and oxygen atoms in total. The quantitative estimate of drug-likeness (QED) is 0.824. The summed E-state index contributed by atoms with van der Waals surface area (Å²) in [7, 11) is 0. The van der Waals surface area contributed by atoms with Crippen molar-refractivity contribution in [1.82, 2.24) is 4.90 Å². The number of carbonyl (C=O) groups excluding carboxylic acids is 1. The minimum Gasteiger partial charge on any atom is -0.396 e. The van der Waals surface area contributed by atoms with Crippen LogP contribution in [0.25, 0.3) is 0 Å². The minimum atomic E-state index is -0.808. The van der Waals surface area contributed by atoms with Crippen molar-refractivity contribution in [3.8, 4) is 0 Å². The number of benzene rings is 1. The number of amides is 2. The van der Waals surface area contributed by atoms with Crippen LogP contribution in [-0.2, 0) is 0 Å². The first-order valence-corrected chi connectivity index (χ1v) is 5.22. The maximum absolute atomic E-state index is 13.2. The predicted molar refractivity (Wildman–Crippen MR) is 57.5 cm³/mol. The van der Waals surface area contributed by atoms with Crippen molar-refractivity contribution in [2.24, 2.45) is 5.92 Å². The fourth-order valence-corrected chi connectivity index (χ4v) is 1.65. The van der Waals surface area contributed by atoms with Gasteiger partial charge in [-0.1, -0.05) is 6.07 Å². The highest BCUT2D eigenvalue weighted by molar-refractivity contribution is 5.90. The molecule has 0 unspecified atom stereocenters. The number of urea groups is 1. The number of rotatable bonds is 2. The normalized spacial score (nSPS) is 15.6. The molecule has 6 heteroatoms. The molecule has 0 atom stereocenters. The Bertz CT molecular complexity index is 413. The van der Waals surface area contributed by atoms with Crippen LogP contribution in [0, 0.1) is 17.6 Å². The van der Waals surface area contributed by atoms with Crippen molar-refractivity contribution >= 4 is 11.7 Å². The van der Waals surface area contributed by atoms with Gasteiger partial charge >= 0.3 is 6.03 Å². The third-order valence-electron chi connectivity index (χ3n) is 2.70. The Labute approximate surface area is 96.8 Å². The topological polar surface area (TPSA) is 52.6 Å². The number of para-hydroxylation sites is 1. The predicted octanol–water partition coefficient (Wildman–Crippen LogP) is 1.42. The molecule has 0 aliphatic carbocycles. The molecule has 2 rings (SSSR count). The van der Waals surface area contributed by atoms with Crippen molar-refractivity contribution in [1.29, 1.82) is 0 Å². The molecular weight excluding hydrogens is 230 g/mol. The highest BCUT2D eigenvalue weighted by Gasteiger charge is 2.30. The molecule has 0 radical (unpaired) electrons. The number of aliphatic hydroxyl groups excluding tert-OH is 1. The minimum absolute atomic E-state index is 0.0117. The molecule has 1 heterocycles. The molecule has 0 saturated carbocycles. The smallest absolute Gasteiger partial charge is 0.322 e. The Hall–Kier alpha value is -1.69. The van der Waals surface area contributed by atoms with E-state index in [9.17, 15) is 13.6 Å². The SMILES string of the molecule is O=C(Nc1c(F)cccc1F)N1CC(CO)C1. The Balaban J connectivity index is 2.00. The molecule has 2 amide bonds. The molecule has 1 aliphatic rings. The van der Waals surface area contributed by atoms with E-state index in [-0.39, 0.29) is 12.5 Å². The van der Waals surface area contributed by atoms with E-state index in [4.69, 9.17) is 5.11 Å². The van der Waals surface area contributed by atoms with E-state index in [1.165, 1.54) is 11.0 Å². The maximum atomic E-state index is 13.2. The van der Waals surface area contributed by atoms with Crippen molar-refractivity contribution < 1.29 is 18.7 Å². The van der Waals surface area contributed by atoms with E-state index in [2.05, 4.69) is 5.32 Å². The number of hydrogen-bond donors (Lipinski definition) is 2. The van der Waals surface area contributed by atoms with Gasteiger partial charge in [0.05, 0.1) is 0 Å². The van der Waals surface area contributed by atoms with Crippen LogP contribution in [0.4, 0.5) is 19.3 Å². The highest BCUT2D eigenvalue weighted by atomic mass is 19.1. The lowest BCUT2D eigenvalue weighted by Gasteiger charge is -2.38. The second-order valence-corrected chi connectivity index (χ2v) is 3.98. The van der Waals surface area contributed by atoms with Gasteiger partial charge in [0.2, 0.25) is 0 Å². The maximum Gasteiger partial charge on any atom is 0.322 e. The number of carbonyl (C=O) groups is 1. The highest BCUT2D eigenvalue weighted by Crippen LogP contribution is 2.21. The zero-order chi connectivity index (χ0) is 12.4. The standard InChI is InChI=1S/C11H12F2N2O2/c12-8-2-1-3-9(13)10(8)14-11(17)15-4-7(5-15)6-16/h1-3,7,16H,4-6H2,(H,14,17). The summed E-state index contributed by atoms with van der Waals surface area (Å²) in [5.74, 6) is -1.55. The van der Waals surface area contributed by atoms with E-state index in [1.54, 1.807) is 0 Å². The van der Waals surface area contributed by atoms with Gasteiger partial charge < -0.3 is 15.3 Å². The van der Waals surface area contributed by atoms with E-state index in [1.807, 2.05) is 0 Å². The van der Waals surface area contributed by atoms with Crippen LogP contribution in [0.3, 0.4) is 0 Å². The Morgan fingerprint density at radius 2 is 2.00 bits per heavy atom. The molecule has 1 saturated heterocycles. The summed E-state index contributed by atoms with van der Waals surface area (Å²) < 4.78 is 26.5. The van der Waals surface area contributed by atoms with Gasteiger partial charge in [-0.05, 0) is 12.1 Å². The van der Waals surface area contributed by atoms with Gasteiger partial charge in [-0.25, -0.2) is 13.6 Å². The largest absolute Gasteiger partial charge is 0.396 e. The summed E-state index contributed by atoms with van der Waals surface area (Å²) in [6.07, 6.45) is 0. The monoisotopic (exact) mass is 242 g/mol. The number of nitrogens with one attached hydrogen (secondary N) is 1. The van der Waals surface area contributed by atoms with Crippen molar-refractivity contribution in [3.63, 3.8) is 0 Å². The van der Waals surface area contributed by atoms with Gasteiger partial charge in [0, 0.05) is 25.6 Å². The molecule has 1 aromatic carbocycles. The molecule has 2 N–H and O–H groups in total. The Morgan fingerprint density at radius 3 is 2.53 bits per heavy atom. The van der Waals surface area contributed by atoms with Gasteiger partial charge in [0.25, 0.3) is 0 Å².